The number of esters is 1. The summed E-state index contributed by atoms with van der Waals surface area (Å²) in [4.78, 5) is 31.6. The molecule has 0 saturated carbocycles. The molecular weight excluding hydrogens is 468 g/mol. The van der Waals surface area contributed by atoms with Crippen LogP contribution in [0, 0.1) is 0 Å². The summed E-state index contributed by atoms with van der Waals surface area (Å²) >= 11 is 1.23. The minimum absolute atomic E-state index is 0.0105. The number of methoxy groups -OCH3 is 1. The number of allylic oxidation sites excluding steroid dienone is 1. The van der Waals surface area contributed by atoms with Crippen LogP contribution < -0.4 is 24.4 Å². The second kappa shape index (κ2) is 10.2. The molecule has 1 aliphatic heterocycles. The van der Waals surface area contributed by atoms with Gasteiger partial charge in [0.05, 0.1) is 42.2 Å². The van der Waals surface area contributed by atoms with Gasteiger partial charge in [0.2, 0.25) is 0 Å². The lowest BCUT2D eigenvalue weighted by Gasteiger charge is -2.24. The summed E-state index contributed by atoms with van der Waals surface area (Å²) in [5.74, 6) is 0.504. The van der Waals surface area contributed by atoms with Crippen LogP contribution in [0.5, 0.6) is 17.2 Å². The molecule has 1 atom stereocenters. The van der Waals surface area contributed by atoms with E-state index in [0.717, 1.165) is 5.56 Å². The van der Waals surface area contributed by atoms with Crippen LogP contribution in [0.25, 0.3) is 6.08 Å². The SMILES string of the molecule is CCOC(=O)C1=C(C)N=c2s/c(=C\c3ccc(O)c(OC)c3)c(=O)n2[C@H]1c1ccc(OCC)cc1. The molecule has 9 heteroatoms. The molecule has 0 bridgehead atoms. The van der Waals surface area contributed by atoms with E-state index in [2.05, 4.69) is 4.99 Å². The maximum Gasteiger partial charge on any atom is 0.338 e. The zero-order chi connectivity index (χ0) is 25.1. The van der Waals surface area contributed by atoms with Gasteiger partial charge >= 0.3 is 5.97 Å². The highest BCUT2D eigenvalue weighted by atomic mass is 32.1. The van der Waals surface area contributed by atoms with Crippen LogP contribution in [0.1, 0.15) is 37.9 Å². The number of benzene rings is 2. The zero-order valence-electron chi connectivity index (χ0n) is 19.9. The first kappa shape index (κ1) is 24.3. The number of rotatable bonds is 7. The Morgan fingerprint density at radius 3 is 2.57 bits per heavy atom. The maximum absolute atomic E-state index is 13.6. The Morgan fingerprint density at radius 2 is 1.91 bits per heavy atom. The van der Waals surface area contributed by atoms with Crippen LogP contribution in [0.15, 0.2) is 63.5 Å². The molecule has 35 heavy (non-hydrogen) atoms. The number of hydrogen-bond acceptors (Lipinski definition) is 8. The first-order valence-electron chi connectivity index (χ1n) is 11.2. The molecule has 182 valence electrons. The van der Waals surface area contributed by atoms with E-state index >= 15 is 0 Å². The van der Waals surface area contributed by atoms with Crippen molar-refractivity contribution in [2.75, 3.05) is 20.3 Å². The fraction of sp³-hybridized carbons (Fsp3) is 0.269. The summed E-state index contributed by atoms with van der Waals surface area (Å²) in [6, 6.07) is 11.5. The average molecular weight is 495 g/mol. The second-order valence-electron chi connectivity index (χ2n) is 7.74. The van der Waals surface area contributed by atoms with Crippen molar-refractivity contribution < 1.29 is 24.1 Å². The van der Waals surface area contributed by atoms with Crippen LogP contribution in [-0.4, -0.2) is 36.0 Å². The van der Waals surface area contributed by atoms with Crippen LogP contribution in [0.3, 0.4) is 0 Å². The van der Waals surface area contributed by atoms with Crippen LogP contribution in [0.4, 0.5) is 0 Å². The number of hydrogen-bond donors (Lipinski definition) is 1. The topological polar surface area (TPSA) is 99.4 Å². The average Bonchev–Trinajstić information content (AvgIpc) is 3.14. The normalized spacial score (nSPS) is 15.4. The first-order valence-corrected chi connectivity index (χ1v) is 12.0. The molecule has 1 aliphatic rings. The van der Waals surface area contributed by atoms with Crippen molar-refractivity contribution in [2.24, 2.45) is 4.99 Å². The fourth-order valence-corrected chi connectivity index (χ4v) is 5.00. The number of aromatic nitrogens is 1. The first-order chi connectivity index (χ1) is 16.9. The van der Waals surface area contributed by atoms with Gasteiger partial charge in [0.1, 0.15) is 5.75 Å². The lowest BCUT2D eigenvalue weighted by Crippen LogP contribution is -2.39. The Kier molecular flexibility index (Phi) is 7.07. The third-order valence-electron chi connectivity index (χ3n) is 5.53. The minimum Gasteiger partial charge on any atom is -0.504 e. The minimum atomic E-state index is -0.697. The van der Waals surface area contributed by atoms with E-state index in [1.807, 2.05) is 31.2 Å². The molecule has 8 nitrogen and oxygen atoms in total. The fourth-order valence-electron chi connectivity index (χ4n) is 3.96. The Labute approximate surface area is 206 Å². The van der Waals surface area contributed by atoms with Gasteiger partial charge in [-0.3, -0.25) is 9.36 Å². The molecule has 1 aromatic heterocycles. The predicted molar refractivity (Wildman–Crippen MR) is 133 cm³/mol. The Bertz CT molecular complexity index is 1470. The molecular formula is C26H26N2O6S. The molecule has 2 aromatic carbocycles. The van der Waals surface area contributed by atoms with Crippen molar-refractivity contribution in [3.63, 3.8) is 0 Å². The summed E-state index contributed by atoms with van der Waals surface area (Å²) < 4.78 is 18.0. The smallest absolute Gasteiger partial charge is 0.338 e. The van der Waals surface area contributed by atoms with Gasteiger partial charge in [-0.15, -0.1) is 0 Å². The highest BCUT2D eigenvalue weighted by molar-refractivity contribution is 7.07. The van der Waals surface area contributed by atoms with E-state index < -0.39 is 12.0 Å². The molecule has 0 saturated heterocycles. The number of aromatic hydroxyl groups is 1. The predicted octanol–water partition coefficient (Wildman–Crippen LogP) is 2.91. The van der Waals surface area contributed by atoms with Gasteiger partial charge in [0.15, 0.2) is 16.3 Å². The van der Waals surface area contributed by atoms with E-state index in [1.54, 1.807) is 32.1 Å². The third-order valence-corrected chi connectivity index (χ3v) is 6.51. The number of phenolic OH excluding ortho intramolecular Hbond substituents is 1. The Morgan fingerprint density at radius 1 is 1.17 bits per heavy atom. The van der Waals surface area contributed by atoms with E-state index in [1.165, 1.54) is 29.1 Å². The molecule has 2 heterocycles. The standard InChI is InChI=1S/C26H26N2O6S/c1-5-33-18-10-8-17(9-11-18)23-22(25(31)34-6-2)15(3)27-26-28(23)24(30)21(35-26)14-16-7-12-19(29)20(13-16)32-4/h7-14,23,29H,5-6H2,1-4H3/b21-14-/t23-/m0/s1. The molecule has 3 aromatic rings. The largest absolute Gasteiger partial charge is 0.504 e. The lowest BCUT2D eigenvalue weighted by atomic mass is 9.96. The number of ether oxygens (including phenoxy) is 3. The van der Waals surface area contributed by atoms with Gasteiger partial charge in [-0.25, -0.2) is 9.79 Å². The number of fused-ring (bicyclic) bond motifs is 1. The van der Waals surface area contributed by atoms with Crippen LogP contribution >= 0.6 is 11.3 Å². The number of carbonyl (C=O) groups excluding carboxylic acids is 1. The monoisotopic (exact) mass is 494 g/mol. The molecule has 1 N–H and O–H groups in total. The Balaban J connectivity index is 1.90. The van der Waals surface area contributed by atoms with Crippen molar-refractivity contribution in [3.05, 3.63) is 84.5 Å². The molecule has 0 spiro atoms. The number of phenols is 1. The molecule has 0 unspecified atom stereocenters. The quantitative estimate of drug-likeness (QED) is 0.507. The van der Waals surface area contributed by atoms with Crippen molar-refractivity contribution in [3.8, 4) is 17.2 Å². The van der Waals surface area contributed by atoms with Crippen LogP contribution in [-0.2, 0) is 9.53 Å². The highest BCUT2D eigenvalue weighted by Gasteiger charge is 2.33. The Hall–Kier alpha value is -3.85. The van der Waals surface area contributed by atoms with E-state index in [0.29, 0.717) is 44.3 Å². The molecule has 0 fully saturated rings. The number of carbonyl (C=O) groups is 1. The summed E-state index contributed by atoms with van der Waals surface area (Å²) in [5.41, 5.74) is 1.96. The van der Waals surface area contributed by atoms with Crippen molar-refractivity contribution >= 4 is 23.4 Å². The van der Waals surface area contributed by atoms with Gasteiger partial charge in [-0.2, -0.15) is 0 Å². The van der Waals surface area contributed by atoms with Gasteiger partial charge in [-0.05, 0) is 62.2 Å². The van der Waals surface area contributed by atoms with Gasteiger partial charge in [0.25, 0.3) is 5.56 Å². The van der Waals surface area contributed by atoms with Crippen molar-refractivity contribution in [1.82, 2.24) is 4.57 Å². The molecule has 4 rings (SSSR count). The van der Waals surface area contributed by atoms with Crippen molar-refractivity contribution in [2.45, 2.75) is 26.8 Å². The summed E-state index contributed by atoms with van der Waals surface area (Å²) in [6.45, 7) is 6.12. The highest BCUT2D eigenvalue weighted by Crippen LogP contribution is 2.32. The summed E-state index contributed by atoms with van der Waals surface area (Å²) in [5, 5.41) is 9.88. The second-order valence-corrected chi connectivity index (χ2v) is 8.74. The zero-order valence-corrected chi connectivity index (χ0v) is 20.7. The van der Waals surface area contributed by atoms with E-state index in [9.17, 15) is 14.7 Å². The molecule has 0 aliphatic carbocycles. The number of nitrogens with zero attached hydrogens (tertiary/aromatic N) is 2. The lowest BCUT2D eigenvalue weighted by molar-refractivity contribution is -0.139. The third kappa shape index (κ3) is 4.72. The van der Waals surface area contributed by atoms with Gasteiger partial charge in [0, 0.05) is 0 Å². The summed E-state index contributed by atoms with van der Waals surface area (Å²) in [6.07, 6.45) is 1.71. The van der Waals surface area contributed by atoms with Crippen LogP contribution in [0.2, 0.25) is 0 Å². The summed E-state index contributed by atoms with van der Waals surface area (Å²) in [7, 11) is 1.46. The van der Waals surface area contributed by atoms with E-state index in [4.69, 9.17) is 14.2 Å². The molecule has 0 amide bonds. The van der Waals surface area contributed by atoms with Crippen molar-refractivity contribution in [1.29, 1.82) is 0 Å². The number of thiazole rings is 1. The van der Waals surface area contributed by atoms with Gasteiger partial charge < -0.3 is 19.3 Å². The van der Waals surface area contributed by atoms with Gasteiger partial charge in [-0.1, -0.05) is 29.5 Å². The molecule has 0 radical (unpaired) electrons. The maximum atomic E-state index is 13.6. The van der Waals surface area contributed by atoms with E-state index in [-0.39, 0.29) is 17.9 Å².